The van der Waals surface area contributed by atoms with Crippen LogP contribution >= 0.6 is 68.0 Å². The van der Waals surface area contributed by atoms with Crippen molar-refractivity contribution in [3.05, 3.63) is 59.3 Å². The molecular formula is C24H10N2S6. The van der Waals surface area contributed by atoms with Crippen molar-refractivity contribution in [2.24, 2.45) is 0 Å². The van der Waals surface area contributed by atoms with Gasteiger partial charge in [0.25, 0.3) is 0 Å². The Bertz CT molecular complexity index is 1690. The van der Waals surface area contributed by atoms with E-state index in [1.54, 1.807) is 45.3 Å². The fourth-order valence-corrected chi connectivity index (χ4v) is 10.0. The predicted octanol–water partition coefficient (Wildman–Crippen LogP) is 9.95. The van der Waals surface area contributed by atoms with Crippen molar-refractivity contribution in [1.82, 2.24) is 9.97 Å². The Kier molecular flexibility index (Phi) is 3.80. The number of nitrogens with zero attached hydrogens (tertiary/aromatic N) is 2. The van der Waals surface area contributed by atoms with Crippen LogP contribution in [0.4, 0.5) is 0 Å². The van der Waals surface area contributed by atoms with E-state index in [4.69, 9.17) is 9.97 Å². The van der Waals surface area contributed by atoms with Gasteiger partial charge in [-0.3, -0.25) is 0 Å². The highest BCUT2D eigenvalue weighted by Gasteiger charge is 2.17. The minimum absolute atomic E-state index is 1.04. The van der Waals surface area contributed by atoms with Crippen LogP contribution < -0.4 is 0 Å². The Hall–Kier alpha value is -2.20. The number of aromatic nitrogens is 2. The largest absolute Gasteiger partial charge is 0.222 e. The summed E-state index contributed by atoms with van der Waals surface area (Å²) in [6.45, 7) is 0. The van der Waals surface area contributed by atoms with Crippen LogP contribution in [0, 0.1) is 0 Å². The number of benzene rings is 2. The predicted molar refractivity (Wildman–Crippen MR) is 148 cm³/mol. The number of fused-ring (bicyclic) bond motifs is 5. The average molecular weight is 519 g/mol. The molecule has 0 aliphatic carbocycles. The van der Waals surface area contributed by atoms with Crippen LogP contribution in [0.3, 0.4) is 0 Å². The maximum Gasteiger partial charge on any atom is 0.155 e. The van der Waals surface area contributed by atoms with E-state index in [0.29, 0.717) is 0 Å². The SMILES string of the molecule is c1cc2cc3sc(-c4nc5sc(-c6cc7cc8sccc8cc7s6)nc5s4)cc3cc2s1. The first kappa shape index (κ1) is 18.3. The summed E-state index contributed by atoms with van der Waals surface area (Å²) in [6.07, 6.45) is 0. The number of rotatable bonds is 2. The van der Waals surface area contributed by atoms with Crippen molar-refractivity contribution in [3.8, 4) is 19.8 Å². The summed E-state index contributed by atoms with van der Waals surface area (Å²) in [6, 6.07) is 18.1. The van der Waals surface area contributed by atoms with Crippen LogP contribution in [0.2, 0.25) is 0 Å². The molecule has 8 heteroatoms. The van der Waals surface area contributed by atoms with Gasteiger partial charge in [0.15, 0.2) is 9.66 Å². The van der Waals surface area contributed by atoms with E-state index in [1.165, 1.54) is 50.1 Å². The quantitative estimate of drug-likeness (QED) is 0.227. The molecule has 8 rings (SSSR count). The van der Waals surface area contributed by atoms with Crippen LogP contribution in [0.5, 0.6) is 0 Å². The standard InChI is InChI=1S/C24H10N2S6/c1-3-27-15-7-13-9-19(29-17(13)5-11(1)15)21-25-23-24(31-21)26-22(32-23)20-10-14-8-16-12(2-4-28-16)6-18(14)30-20/h1-10H. The molecule has 2 nitrogen and oxygen atoms in total. The Morgan fingerprint density at radius 2 is 0.938 bits per heavy atom. The highest BCUT2D eigenvalue weighted by Crippen LogP contribution is 2.44. The molecule has 0 saturated heterocycles. The third-order valence-corrected chi connectivity index (χ3v) is 11.9. The van der Waals surface area contributed by atoms with Crippen molar-refractivity contribution in [2.45, 2.75) is 0 Å². The lowest BCUT2D eigenvalue weighted by Gasteiger charge is -1.89. The molecule has 0 saturated carbocycles. The van der Waals surface area contributed by atoms with Gasteiger partial charge in [0.2, 0.25) is 0 Å². The van der Waals surface area contributed by atoms with Crippen molar-refractivity contribution in [3.63, 3.8) is 0 Å². The molecule has 0 unspecified atom stereocenters. The first-order chi connectivity index (χ1) is 15.8. The second-order valence-corrected chi connectivity index (χ2v) is 13.6. The maximum absolute atomic E-state index is 4.97. The minimum atomic E-state index is 1.04. The van der Waals surface area contributed by atoms with Crippen molar-refractivity contribution in [1.29, 1.82) is 0 Å². The van der Waals surface area contributed by atoms with Crippen LogP contribution in [0.1, 0.15) is 0 Å². The van der Waals surface area contributed by atoms with E-state index in [9.17, 15) is 0 Å². The zero-order chi connectivity index (χ0) is 20.8. The molecule has 0 atom stereocenters. The Balaban J connectivity index is 1.20. The maximum atomic E-state index is 4.97. The molecule has 6 aromatic heterocycles. The molecule has 32 heavy (non-hydrogen) atoms. The minimum Gasteiger partial charge on any atom is -0.222 e. The highest BCUT2D eigenvalue weighted by atomic mass is 32.1. The van der Waals surface area contributed by atoms with Gasteiger partial charge in [-0.1, -0.05) is 22.7 Å². The zero-order valence-electron chi connectivity index (χ0n) is 16.1. The van der Waals surface area contributed by atoms with Crippen molar-refractivity contribution < 1.29 is 0 Å². The number of thiophene rings is 4. The van der Waals surface area contributed by atoms with Crippen molar-refractivity contribution >= 4 is 118 Å². The van der Waals surface area contributed by atoms with E-state index in [1.807, 2.05) is 22.7 Å². The average Bonchev–Trinajstić information content (AvgIpc) is 3.59. The van der Waals surface area contributed by atoms with E-state index in [0.717, 1.165) is 19.7 Å². The zero-order valence-corrected chi connectivity index (χ0v) is 21.0. The lowest BCUT2D eigenvalue weighted by atomic mass is 10.2. The molecule has 0 N–H and O–H groups in total. The molecular weight excluding hydrogens is 509 g/mol. The Labute approximate surface area is 205 Å². The molecule has 2 aromatic carbocycles. The first-order valence-electron chi connectivity index (χ1n) is 9.87. The molecule has 0 amide bonds. The first-order valence-corrected chi connectivity index (χ1v) is 14.9. The molecule has 0 radical (unpaired) electrons. The summed E-state index contributed by atoms with van der Waals surface area (Å²) in [5.74, 6) is 0. The number of hydrogen-bond acceptors (Lipinski definition) is 8. The summed E-state index contributed by atoms with van der Waals surface area (Å²) in [5, 5.41) is 11.7. The Morgan fingerprint density at radius 1 is 0.469 bits per heavy atom. The van der Waals surface area contributed by atoms with Crippen LogP contribution in [0.25, 0.3) is 69.8 Å². The molecule has 0 spiro atoms. The van der Waals surface area contributed by atoms with Gasteiger partial charge in [0.05, 0.1) is 9.75 Å². The number of hydrogen-bond donors (Lipinski definition) is 0. The topological polar surface area (TPSA) is 25.8 Å². The molecule has 0 aliphatic rings. The van der Waals surface area contributed by atoms with Gasteiger partial charge in [0.1, 0.15) is 10.0 Å². The van der Waals surface area contributed by atoms with Gasteiger partial charge in [-0.05, 0) is 80.8 Å². The van der Waals surface area contributed by atoms with Crippen molar-refractivity contribution in [2.75, 3.05) is 0 Å². The fraction of sp³-hybridized carbons (Fsp3) is 0. The third kappa shape index (κ3) is 2.71. The fourth-order valence-electron chi connectivity index (χ4n) is 4.05. The van der Waals surface area contributed by atoms with E-state index >= 15 is 0 Å². The van der Waals surface area contributed by atoms with E-state index in [-0.39, 0.29) is 0 Å². The summed E-state index contributed by atoms with van der Waals surface area (Å²) in [5.41, 5.74) is 0. The van der Waals surface area contributed by atoms with Gasteiger partial charge in [0, 0.05) is 18.8 Å². The molecule has 152 valence electrons. The normalized spacial score (nSPS) is 12.4. The van der Waals surface area contributed by atoms with Gasteiger partial charge in [-0.2, -0.15) is 0 Å². The third-order valence-electron chi connectivity index (χ3n) is 5.58. The second-order valence-electron chi connectivity index (χ2n) is 7.57. The summed E-state index contributed by atoms with van der Waals surface area (Å²) in [4.78, 5) is 14.5. The van der Waals surface area contributed by atoms with Crippen LogP contribution in [0.15, 0.2) is 59.3 Å². The lowest BCUT2D eigenvalue weighted by molar-refractivity contribution is 1.51. The smallest absolute Gasteiger partial charge is 0.155 e. The van der Waals surface area contributed by atoms with Gasteiger partial charge < -0.3 is 0 Å². The highest BCUT2D eigenvalue weighted by molar-refractivity contribution is 7.33. The summed E-state index contributed by atoms with van der Waals surface area (Å²) < 4.78 is 5.33. The second kappa shape index (κ2) is 6.66. The van der Waals surface area contributed by atoms with Crippen LogP contribution in [-0.2, 0) is 0 Å². The summed E-state index contributed by atoms with van der Waals surface area (Å²) >= 11 is 10.7. The van der Waals surface area contributed by atoms with E-state index < -0.39 is 0 Å². The van der Waals surface area contributed by atoms with Gasteiger partial charge in [-0.15, -0.1) is 45.3 Å². The molecule has 0 aliphatic heterocycles. The number of thiazole rings is 2. The van der Waals surface area contributed by atoms with Crippen LogP contribution in [-0.4, -0.2) is 9.97 Å². The lowest BCUT2D eigenvalue weighted by Crippen LogP contribution is -1.67. The van der Waals surface area contributed by atoms with Gasteiger partial charge >= 0.3 is 0 Å². The molecule has 0 bridgehead atoms. The monoisotopic (exact) mass is 518 g/mol. The summed E-state index contributed by atoms with van der Waals surface area (Å²) in [7, 11) is 0. The molecule has 0 fully saturated rings. The Morgan fingerprint density at radius 3 is 1.44 bits per heavy atom. The molecule has 8 aromatic rings. The van der Waals surface area contributed by atoms with Gasteiger partial charge in [-0.25, -0.2) is 9.97 Å². The molecule has 6 heterocycles. The van der Waals surface area contributed by atoms with E-state index in [2.05, 4.69) is 59.3 Å².